The van der Waals surface area contributed by atoms with Gasteiger partial charge in [-0.15, -0.1) is 0 Å². The third kappa shape index (κ3) is 2.06. The van der Waals surface area contributed by atoms with Crippen molar-refractivity contribution >= 4 is 30.5 Å². The van der Waals surface area contributed by atoms with E-state index in [1.165, 1.54) is 0 Å². The van der Waals surface area contributed by atoms with Crippen LogP contribution in [0.25, 0.3) is 10.8 Å². The van der Waals surface area contributed by atoms with E-state index in [1.807, 2.05) is 32.0 Å². The summed E-state index contributed by atoms with van der Waals surface area (Å²) in [5.41, 5.74) is 1.98. The molecule has 4 heteroatoms. The van der Waals surface area contributed by atoms with Crippen molar-refractivity contribution < 1.29 is 8.42 Å². The molecular formula is C12H11ClO2S. The van der Waals surface area contributed by atoms with Crippen LogP contribution in [0, 0.1) is 13.8 Å². The second-order valence-electron chi connectivity index (χ2n) is 3.93. The molecule has 0 unspecified atom stereocenters. The summed E-state index contributed by atoms with van der Waals surface area (Å²) >= 11 is 0. The van der Waals surface area contributed by atoms with Crippen LogP contribution in [0.4, 0.5) is 0 Å². The molecule has 0 fully saturated rings. The Hall–Kier alpha value is -1.06. The van der Waals surface area contributed by atoms with E-state index < -0.39 is 9.05 Å². The summed E-state index contributed by atoms with van der Waals surface area (Å²) in [4.78, 5) is 0.184. The average molecular weight is 255 g/mol. The topological polar surface area (TPSA) is 34.1 Å². The van der Waals surface area contributed by atoms with Gasteiger partial charge in [-0.25, -0.2) is 8.42 Å². The third-order valence-electron chi connectivity index (χ3n) is 2.48. The molecule has 0 aliphatic heterocycles. The molecule has 0 amide bonds. The lowest BCUT2D eigenvalue weighted by molar-refractivity contribution is 0.610. The SMILES string of the molecule is Cc1ccc2c(S(=O)(=O)Cl)cc(C)cc2c1. The summed E-state index contributed by atoms with van der Waals surface area (Å²) in [7, 11) is 1.73. The predicted octanol–water partition coefficient (Wildman–Crippen LogP) is 3.38. The second kappa shape index (κ2) is 3.75. The fourth-order valence-corrected chi connectivity index (χ4v) is 2.96. The molecule has 16 heavy (non-hydrogen) atoms. The standard InChI is InChI=1S/C12H11ClO2S/c1-8-3-4-11-10(5-8)6-9(2)7-12(11)16(13,14)15/h3-7H,1-2H3. The fourth-order valence-electron chi connectivity index (χ4n) is 1.80. The number of rotatable bonds is 1. The second-order valence-corrected chi connectivity index (χ2v) is 6.46. The van der Waals surface area contributed by atoms with Crippen molar-refractivity contribution in [1.29, 1.82) is 0 Å². The summed E-state index contributed by atoms with van der Waals surface area (Å²) < 4.78 is 22.9. The highest BCUT2D eigenvalue weighted by Gasteiger charge is 2.14. The molecule has 2 nitrogen and oxygen atoms in total. The first-order valence-corrected chi connectivity index (χ1v) is 7.14. The van der Waals surface area contributed by atoms with Crippen LogP contribution in [0.15, 0.2) is 35.2 Å². The third-order valence-corrected chi connectivity index (χ3v) is 3.84. The van der Waals surface area contributed by atoms with E-state index in [-0.39, 0.29) is 4.90 Å². The van der Waals surface area contributed by atoms with E-state index in [1.54, 1.807) is 12.1 Å². The number of hydrogen-bond acceptors (Lipinski definition) is 2. The first-order valence-electron chi connectivity index (χ1n) is 4.83. The van der Waals surface area contributed by atoms with Gasteiger partial charge in [0.15, 0.2) is 0 Å². The Bertz CT molecular complexity index is 655. The van der Waals surface area contributed by atoms with Gasteiger partial charge in [0.2, 0.25) is 0 Å². The molecule has 2 rings (SSSR count). The summed E-state index contributed by atoms with van der Waals surface area (Å²) in [6.07, 6.45) is 0. The molecule has 0 radical (unpaired) electrons. The number of benzene rings is 2. The van der Waals surface area contributed by atoms with Crippen LogP contribution in [-0.4, -0.2) is 8.42 Å². The average Bonchev–Trinajstić information content (AvgIpc) is 2.14. The molecule has 0 bridgehead atoms. The maximum absolute atomic E-state index is 11.4. The first-order chi connectivity index (χ1) is 7.38. The number of fused-ring (bicyclic) bond motifs is 1. The van der Waals surface area contributed by atoms with Crippen molar-refractivity contribution in [1.82, 2.24) is 0 Å². The number of hydrogen-bond donors (Lipinski definition) is 0. The zero-order valence-electron chi connectivity index (χ0n) is 8.99. The zero-order valence-corrected chi connectivity index (χ0v) is 10.6. The van der Waals surface area contributed by atoms with Crippen molar-refractivity contribution in [3.05, 3.63) is 41.5 Å². The lowest BCUT2D eigenvalue weighted by atomic mass is 10.1. The van der Waals surface area contributed by atoms with E-state index in [0.29, 0.717) is 5.39 Å². The highest BCUT2D eigenvalue weighted by Crippen LogP contribution is 2.28. The first kappa shape index (κ1) is 11.4. The monoisotopic (exact) mass is 254 g/mol. The van der Waals surface area contributed by atoms with Crippen molar-refractivity contribution in [3.63, 3.8) is 0 Å². The van der Waals surface area contributed by atoms with Crippen molar-refractivity contribution in [2.75, 3.05) is 0 Å². The molecule has 2 aromatic carbocycles. The van der Waals surface area contributed by atoms with Crippen molar-refractivity contribution in [3.8, 4) is 0 Å². The van der Waals surface area contributed by atoms with E-state index in [2.05, 4.69) is 0 Å². The van der Waals surface area contributed by atoms with Crippen LogP contribution in [-0.2, 0) is 9.05 Å². The molecule has 84 valence electrons. The Morgan fingerprint density at radius 1 is 1.00 bits per heavy atom. The molecular weight excluding hydrogens is 244 g/mol. The van der Waals surface area contributed by atoms with Gasteiger partial charge < -0.3 is 0 Å². The van der Waals surface area contributed by atoms with E-state index in [4.69, 9.17) is 10.7 Å². The molecule has 0 heterocycles. The predicted molar refractivity (Wildman–Crippen MR) is 66.5 cm³/mol. The minimum atomic E-state index is -3.69. The normalized spacial score (nSPS) is 11.9. The quantitative estimate of drug-likeness (QED) is 0.731. The minimum absolute atomic E-state index is 0.184. The summed E-state index contributed by atoms with van der Waals surface area (Å²) in [5, 5.41) is 1.57. The van der Waals surface area contributed by atoms with Gasteiger partial charge in [-0.1, -0.05) is 29.8 Å². The van der Waals surface area contributed by atoms with Crippen molar-refractivity contribution in [2.45, 2.75) is 18.7 Å². The highest BCUT2D eigenvalue weighted by atomic mass is 35.7. The van der Waals surface area contributed by atoms with Gasteiger partial charge in [0.1, 0.15) is 0 Å². The van der Waals surface area contributed by atoms with Gasteiger partial charge in [-0.2, -0.15) is 0 Å². The Kier molecular flexibility index (Phi) is 2.68. The van der Waals surface area contributed by atoms with Crippen LogP contribution in [0.5, 0.6) is 0 Å². The van der Waals surface area contributed by atoms with Gasteiger partial charge in [-0.3, -0.25) is 0 Å². The van der Waals surface area contributed by atoms with Crippen LogP contribution >= 0.6 is 10.7 Å². The van der Waals surface area contributed by atoms with Crippen LogP contribution in [0.3, 0.4) is 0 Å². The number of halogens is 1. The van der Waals surface area contributed by atoms with Crippen LogP contribution < -0.4 is 0 Å². The Balaban J connectivity index is 2.94. The molecule has 0 saturated carbocycles. The molecule has 0 saturated heterocycles. The van der Waals surface area contributed by atoms with Gasteiger partial charge in [0.05, 0.1) is 4.90 Å². The number of aryl methyl sites for hydroxylation is 2. The maximum Gasteiger partial charge on any atom is 0.261 e. The smallest absolute Gasteiger partial charge is 0.207 e. The molecule has 0 atom stereocenters. The van der Waals surface area contributed by atoms with Gasteiger partial charge >= 0.3 is 0 Å². The van der Waals surface area contributed by atoms with Crippen LogP contribution in [0.2, 0.25) is 0 Å². The summed E-state index contributed by atoms with van der Waals surface area (Å²) in [5.74, 6) is 0. The molecule has 0 aliphatic rings. The van der Waals surface area contributed by atoms with Gasteiger partial charge in [0, 0.05) is 16.1 Å². The summed E-state index contributed by atoms with van der Waals surface area (Å²) in [6, 6.07) is 9.17. The Morgan fingerprint density at radius 2 is 1.62 bits per heavy atom. The lowest BCUT2D eigenvalue weighted by Crippen LogP contribution is -1.93. The van der Waals surface area contributed by atoms with E-state index in [9.17, 15) is 8.42 Å². The molecule has 0 N–H and O–H groups in total. The zero-order chi connectivity index (χ0) is 11.9. The Morgan fingerprint density at radius 3 is 2.25 bits per heavy atom. The largest absolute Gasteiger partial charge is 0.261 e. The molecule has 0 spiro atoms. The summed E-state index contributed by atoms with van der Waals surface area (Å²) in [6.45, 7) is 3.82. The van der Waals surface area contributed by atoms with Gasteiger partial charge in [0.25, 0.3) is 9.05 Å². The lowest BCUT2D eigenvalue weighted by Gasteiger charge is -2.06. The van der Waals surface area contributed by atoms with E-state index in [0.717, 1.165) is 16.5 Å². The van der Waals surface area contributed by atoms with E-state index >= 15 is 0 Å². The van der Waals surface area contributed by atoms with Gasteiger partial charge in [-0.05, 0) is 30.9 Å². The molecule has 2 aromatic rings. The van der Waals surface area contributed by atoms with Crippen LogP contribution in [0.1, 0.15) is 11.1 Å². The Labute approximate surface area is 99.3 Å². The van der Waals surface area contributed by atoms with Crippen molar-refractivity contribution in [2.24, 2.45) is 0 Å². The molecule has 0 aromatic heterocycles. The molecule has 0 aliphatic carbocycles. The maximum atomic E-state index is 11.4. The minimum Gasteiger partial charge on any atom is -0.207 e. The highest BCUT2D eigenvalue weighted by molar-refractivity contribution is 8.14. The fraction of sp³-hybridized carbons (Fsp3) is 0.167.